The van der Waals surface area contributed by atoms with Crippen molar-refractivity contribution in [2.24, 2.45) is 17.2 Å². The fourth-order valence-corrected chi connectivity index (χ4v) is 0. The lowest BCUT2D eigenvalue weighted by Gasteiger charge is -1.78. The Labute approximate surface area is 91.7 Å². The molecule has 0 aliphatic heterocycles. The zero-order valence-corrected chi connectivity index (χ0v) is 7.94. The van der Waals surface area contributed by atoms with Crippen LogP contribution in [0.5, 0.6) is 0 Å². The quantitative estimate of drug-likeness (QED) is 0.197. The number of nitrogens with two attached hydrogens (primary N) is 3. The first kappa shape index (κ1) is 23.5. The summed E-state index contributed by atoms with van der Waals surface area (Å²) >= 11 is 0. The molecule has 102 valence electrons. The van der Waals surface area contributed by atoms with Gasteiger partial charge >= 0.3 is 0 Å². The van der Waals surface area contributed by atoms with Crippen molar-refractivity contribution in [3.05, 3.63) is 42.4 Å². The number of hydrogen-bond acceptors (Lipinski definition) is 9. The number of hydrogen-bond donors (Lipinski definition) is 6. The second-order valence-corrected chi connectivity index (χ2v) is 1.38. The van der Waals surface area contributed by atoms with Gasteiger partial charge in [0.2, 0.25) is 0 Å². The van der Waals surface area contributed by atoms with Crippen molar-refractivity contribution in [3.63, 3.8) is 0 Å². The SMILES string of the molecule is NC=C(N)N.O=[N+]([O-])O.O=[N+]([O-])O.O=[N+]([O-])O. The molecule has 15 heteroatoms. The van der Waals surface area contributed by atoms with Crippen LogP contribution >= 0.6 is 0 Å². The minimum atomic E-state index is -1.50. The van der Waals surface area contributed by atoms with Crippen LogP contribution in [0.4, 0.5) is 0 Å². The highest BCUT2D eigenvalue weighted by molar-refractivity contribution is 4.83. The number of nitrogens with zero attached hydrogens (tertiary/aromatic N) is 3. The minimum absolute atomic E-state index is 0.157. The molecule has 0 rings (SSSR count). The fraction of sp³-hybridized carbons (Fsp3) is 0. The summed E-state index contributed by atoms with van der Waals surface area (Å²) in [6.45, 7) is 0. The third-order valence-corrected chi connectivity index (χ3v) is 0.192. The molecule has 0 heterocycles. The molecule has 0 radical (unpaired) electrons. The summed E-state index contributed by atoms with van der Waals surface area (Å²) in [5.41, 5.74) is 14.4. The van der Waals surface area contributed by atoms with Crippen LogP contribution in [0, 0.1) is 30.3 Å². The topological polar surface area (TPSA) is 268 Å². The smallest absolute Gasteiger partial charge is 0.291 e. The summed E-state index contributed by atoms with van der Waals surface area (Å²) in [5, 5.41) is 40.9. The maximum atomic E-state index is 8.36. The molecule has 0 aliphatic carbocycles. The lowest BCUT2D eigenvalue weighted by molar-refractivity contribution is -0.742. The third-order valence-electron chi connectivity index (χ3n) is 0.192. The Morgan fingerprint density at radius 1 is 0.882 bits per heavy atom. The van der Waals surface area contributed by atoms with Gasteiger partial charge in [0.1, 0.15) is 5.82 Å². The lowest BCUT2D eigenvalue weighted by atomic mass is 10.8. The maximum Gasteiger partial charge on any atom is 0.291 e. The van der Waals surface area contributed by atoms with E-state index in [0.29, 0.717) is 0 Å². The average Bonchev–Trinajstić information content (AvgIpc) is 2.00. The zero-order chi connectivity index (χ0) is 15.0. The lowest BCUT2D eigenvalue weighted by Crippen LogP contribution is -2.09. The Kier molecular flexibility index (Phi) is 25.6. The molecule has 0 amide bonds. The van der Waals surface area contributed by atoms with Crippen LogP contribution in [0.15, 0.2) is 12.0 Å². The largest absolute Gasteiger partial charge is 0.402 e. The van der Waals surface area contributed by atoms with Crippen LogP contribution in [-0.2, 0) is 0 Å². The van der Waals surface area contributed by atoms with Crippen molar-refractivity contribution in [3.8, 4) is 0 Å². The standard InChI is InChI=1S/C2H7N3.3HNO3/c3-1-2(4)5;3*2-1(3)4/h1H,3-5H2;3*(H,2,3,4). The summed E-state index contributed by atoms with van der Waals surface area (Å²) in [6, 6.07) is 0. The molecule has 15 nitrogen and oxygen atoms in total. The van der Waals surface area contributed by atoms with Crippen LogP contribution in [0.2, 0.25) is 0 Å². The van der Waals surface area contributed by atoms with Crippen molar-refractivity contribution in [1.29, 1.82) is 0 Å². The molecular weight excluding hydrogens is 252 g/mol. The third kappa shape index (κ3) is 926. The monoisotopic (exact) mass is 262 g/mol. The van der Waals surface area contributed by atoms with E-state index in [0.717, 1.165) is 6.20 Å². The zero-order valence-electron chi connectivity index (χ0n) is 7.94. The Bertz CT molecular complexity index is 205. The Balaban J connectivity index is -0.0000000667. The van der Waals surface area contributed by atoms with E-state index < -0.39 is 15.3 Å². The summed E-state index contributed by atoms with van der Waals surface area (Å²) < 4.78 is 0. The highest BCUT2D eigenvalue weighted by atomic mass is 16.9. The number of rotatable bonds is 0. The summed E-state index contributed by atoms with van der Waals surface area (Å²) in [4.78, 5) is 25.1. The van der Waals surface area contributed by atoms with E-state index in [2.05, 4.69) is 0 Å². The molecule has 0 spiro atoms. The van der Waals surface area contributed by atoms with E-state index in [1.807, 2.05) is 0 Å². The summed E-state index contributed by atoms with van der Waals surface area (Å²) in [6.07, 6.45) is 1.14. The van der Waals surface area contributed by atoms with Crippen LogP contribution in [0.3, 0.4) is 0 Å². The first-order chi connectivity index (χ1) is 7.47. The maximum absolute atomic E-state index is 8.36. The van der Waals surface area contributed by atoms with Gasteiger partial charge in [-0.05, 0) is 0 Å². The van der Waals surface area contributed by atoms with Crippen molar-refractivity contribution in [2.75, 3.05) is 0 Å². The van der Waals surface area contributed by atoms with Gasteiger partial charge in [-0.2, -0.15) is 0 Å². The van der Waals surface area contributed by atoms with Gasteiger partial charge in [0.25, 0.3) is 15.3 Å². The minimum Gasteiger partial charge on any atom is -0.402 e. The molecule has 17 heavy (non-hydrogen) atoms. The molecule has 0 aromatic carbocycles. The van der Waals surface area contributed by atoms with Gasteiger partial charge < -0.3 is 32.8 Å². The van der Waals surface area contributed by atoms with E-state index in [1.165, 1.54) is 0 Å². The van der Waals surface area contributed by atoms with Crippen LogP contribution in [-0.4, -0.2) is 30.9 Å². The van der Waals surface area contributed by atoms with E-state index in [4.69, 9.17) is 63.2 Å². The molecule has 0 saturated carbocycles. The predicted molar refractivity (Wildman–Crippen MR) is 47.0 cm³/mol. The summed E-state index contributed by atoms with van der Waals surface area (Å²) in [7, 11) is 0. The van der Waals surface area contributed by atoms with Gasteiger partial charge in [-0.3, -0.25) is 0 Å². The van der Waals surface area contributed by atoms with E-state index >= 15 is 0 Å². The van der Waals surface area contributed by atoms with Gasteiger partial charge in [-0.1, -0.05) is 0 Å². The Hall–Kier alpha value is -3.26. The molecule has 0 aliphatic rings. The molecule has 9 N–H and O–H groups in total. The molecule has 0 saturated heterocycles. The molecule has 0 aromatic rings. The second-order valence-electron chi connectivity index (χ2n) is 1.38. The van der Waals surface area contributed by atoms with E-state index in [-0.39, 0.29) is 5.82 Å². The highest BCUT2D eigenvalue weighted by Crippen LogP contribution is 1.49. The van der Waals surface area contributed by atoms with E-state index in [9.17, 15) is 0 Å². The molecule has 0 fully saturated rings. The molecule has 0 atom stereocenters. The van der Waals surface area contributed by atoms with Crippen LogP contribution in [0.25, 0.3) is 0 Å². The van der Waals surface area contributed by atoms with Gasteiger partial charge in [-0.25, -0.2) is 0 Å². The van der Waals surface area contributed by atoms with Crippen LogP contribution < -0.4 is 17.2 Å². The van der Waals surface area contributed by atoms with Crippen molar-refractivity contribution < 1.29 is 30.9 Å². The van der Waals surface area contributed by atoms with Crippen molar-refractivity contribution in [1.82, 2.24) is 0 Å². The highest BCUT2D eigenvalue weighted by Gasteiger charge is 1.66. The van der Waals surface area contributed by atoms with Gasteiger partial charge in [0.15, 0.2) is 0 Å². The molecular formula is C2H10N6O9. The fourth-order valence-electron chi connectivity index (χ4n) is 0. The van der Waals surface area contributed by atoms with Gasteiger partial charge in [-0.15, -0.1) is 30.3 Å². The Morgan fingerprint density at radius 3 is 0.941 bits per heavy atom. The Morgan fingerprint density at radius 2 is 0.941 bits per heavy atom. The van der Waals surface area contributed by atoms with Crippen molar-refractivity contribution in [2.45, 2.75) is 0 Å². The first-order valence-electron chi connectivity index (χ1n) is 2.89. The van der Waals surface area contributed by atoms with Gasteiger partial charge in [0, 0.05) is 6.20 Å². The van der Waals surface area contributed by atoms with Crippen molar-refractivity contribution >= 4 is 0 Å². The second kappa shape index (κ2) is 18.5. The van der Waals surface area contributed by atoms with Gasteiger partial charge in [0.05, 0.1) is 0 Å². The summed E-state index contributed by atoms with van der Waals surface area (Å²) in [5.74, 6) is 0.157. The average molecular weight is 262 g/mol. The molecule has 0 aromatic heterocycles. The predicted octanol–water partition coefficient (Wildman–Crippen LogP) is -2.38. The van der Waals surface area contributed by atoms with Crippen LogP contribution in [0.1, 0.15) is 0 Å². The first-order valence-corrected chi connectivity index (χ1v) is 2.89. The molecule has 0 bridgehead atoms. The normalized spacial score (nSPS) is 6.12. The molecule has 0 unspecified atom stereocenters. The van der Waals surface area contributed by atoms with E-state index in [1.54, 1.807) is 0 Å².